The molecule has 0 aromatic heterocycles. The molecule has 92 valence electrons. The second-order valence-corrected chi connectivity index (χ2v) is 5.18. The number of piperidine rings is 1. The molecule has 2 aliphatic rings. The summed E-state index contributed by atoms with van der Waals surface area (Å²) in [6.45, 7) is 4.23. The average Bonchev–Trinajstić information content (AvgIpc) is 2.76. The third-order valence-corrected chi connectivity index (χ3v) is 3.91. The number of nitrogens with two attached hydrogens (primary N) is 1. The fraction of sp³-hybridized carbons (Fsp3) is 0.571. The molecule has 0 amide bonds. The Hall–Kier alpha value is -1.06. The summed E-state index contributed by atoms with van der Waals surface area (Å²) in [5, 5.41) is 0. The van der Waals surface area contributed by atoms with Crippen LogP contribution in [0.3, 0.4) is 0 Å². The van der Waals surface area contributed by atoms with Crippen LogP contribution < -0.4 is 10.5 Å². The van der Waals surface area contributed by atoms with Gasteiger partial charge in [0.2, 0.25) is 0 Å². The number of ether oxygens (including phenoxy) is 1. The number of hydrogen-bond acceptors (Lipinski definition) is 3. The summed E-state index contributed by atoms with van der Waals surface area (Å²) in [5.74, 6) is 1.62. The van der Waals surface area contributed by atoms with E-state index in [-0.39, 0.29) is 0 Å². The van der Waals surface area contributed by atoms with Gasteiger partial charge in [-0.3, -0.25) is 0 Å². The highest BCUT2D eigenvalue weighted by molar-refractivity contribution is 5.39. The SMILES string of the molecule is NC1CCN(CC2COc3ccccc32)CC1. The highest BCUT2D eigenvalue weighted by Crippen LogP contribution is 2.34. The largest absolute Gasteiger partial charge is 0.493 e. The van der Waals surface area contributed by atoms with Crippen molar-refractivity contribution in [1.29, 1.82) is 0 Å². The van der Waals surface area contributed by atoms with E-state index in [0.717, 1.165) is 44.8 Å². The maximum Gasteiger partial charge on any atom is 0.122 e. The Balaban J connectivity index is 1.64. The van der Waals surface area contributed by atoms with Crippen molar-refractivity contribution in [2.75, 3.05) is 26.2 Å². The molecule has 3 heteroatoms. The van der Waals surface area contributed by atoms with Crippen molar-refractivity contribution in [3.63, 3.8) is 0 Å². The van der Waals surface area contributed by atoms with Crippen LogP contribution in [0.25, 0.3) is 0 Å². The molecule has 1 fully saturated rings. The Bertz CT molecular complexity index is 386. The summed E-state index contributed by atoms with van der Waals surface area (Å²) < 4.78 is 5.72. The van der Waals surface area contributed by atoms with Crippen LogP contribution in [0.4, 0.5) is 0 Å². The first-order valence-corrected chi connectivity index (χ1v) is 6.52. The van der Waals surface area contributed by atoms with Crippen molar-refractivity contribution < 1.29 is 4.74 Å². The number of para-hydroxylation sites is 1. The van der Waals surface area contributed by atoms with Gasteiger partial charge in [0.15, 0.2) is 0 Å². The second-order valence-electron chi connectivity index (χ2n) is 5.18. The molecule has 1 aromatic rings. The second kappa shape index (κ2) is 4.67. The standard InChI is InChI=1S/C14H20N2O/c15-12-5-7-16(8-6-12)9-11-10-17-14-4-2-1-3-13(11)14/h1-4,11-12H,5-10,15H2. The van der Waals surface area contributed by atoms with Gasteiger partial charge in [-0.15, -0.1) is 0 Å². The zero-order valence-corrected chi connectivity index (χ0v) is 10.1. The van der Waals surface area contributed by atoms with E-state index < -0.39 is 0 Å². The molecule has 0 radical (unpaired) electrons. The first-order chi connectivity index (χ1) is 8.33. The van der Waals surface area contributed by atoms with Crippen molar-refractivity contribution >= 4 is 0 Å². The van der Waals surface area contributed by atoms with Crippen molar-refractivity contribution in [1.82, 2.24) is 4.90 Å². The number of rotatable bonds is 2. The van der Waals surface area contributed by atoms with Gasteiger partial charge in [0, 0.05) is 24.1 Å². The third kappa shape index (κ3) is 2.31. The van der Waals surface area contributed by atoms with Gasteiger partial charge in [0.1, 0.15) is 5.75 Å². The summed E-state index contributed by atoms with van der Waals surface area (Å²) in [4.78, 5) is 2.53. The lowest BCUT2D eigenvalue weighted by atomic mass is 9.98. The van der Waals surface area contributed by atoms with Gasteiger partial charge in [-0.05, 0) is 32.0 Å². The van der Waals surface area contributed by atoms with Crippen LogP contribution in [0.1, 0.15) is 24.3 Å². The van der Waals surface area contributed by atoms with E-state index in [2.05, 4.69) is 23.1 Å². The quantitative estimate of drug-likeness (QED) is 0.841. The number of fused-ring (bicyclic) bond motifs is 1. The van der Waals surface area contributed by atoms with E-state index in [1.165, 1.54) is 5.56 Å². The molecular weight excluding hydrogens is 212 g/mol. The van der Waals surface area contributed by atoms with Gasteiger partial charge in [0.05, 0.1) is 6.61 Å². The molecule has 0 aliphatic carbocycles. The van der Waals surface area contributed by atoms with Crippen LogP contribution in [0.5, 0.6) is 5.75 Å². The molecule has 2 N–H and O–H groups in total. The van der Waals surface area contributed by atoms with E-state index in [9.17, 15) is 0 Å². The Morgan fingerprint density at radius 2 is 2.00 bits per heavy atom. The molecule has 0 spiro atoms. The number of hydrogen-bond donors (Lipinski definition) is 1. The molecule has 17 heavy (non-hydrogen) atoms. The van der Waals surface area contributed by atoms with Gasteiger partial charge in [-0.1, -0.05) is 18.2 Å². The summed E-state index contributed by atoms with van der Waals surface area (Å²) in [6.07, 6.45) is 2.27. The molecule has 1 saturated heterocycles. The fourth-order valence-corrected chi connectivity index (χ4v) is 2.83. The van der Waals surface area contributed by atoms with Gasteiger partial charge in [0.25, 0.3) is 0 Å². The maximum atomic E-state index is 5.93. The zero-order chi connectivity index (χ0) is 11.7. The Labute approximate surface area is 103 Å². The highest BCUT2D eigenvalue weighted by Gasteiger charge is 2.27. The Morgan fingerprint density at radius 1 is 1.24 bits per heavy atom. The van der Waals surface area contributed by atoms with Crippen LogP contribution in [-0.4, -0.2) is 37.2 Å². The molecular formula is C14H20N2O. The summed E-state index contributed by atoms with van der Waals surface area (Å²) in [7, 11) is 0. The first kappa shape index (κ1) is 11.1. The van der Waals surface area contributed by atoms with E-state index >= 15 is 0 Å². The summed E-state index contributed by atoms with van der Waals surface area (Å²) in [5.41, 5.74) is 7.31. The smallest absolute Gasteiger partial charge is 0.122 e. The average molecular weight is 232 g/mol. The lowest BCUT2D eigenvalue weighted by Crippen LogP contribution is -2.41. The lowest BCUT2D eigenvalue weighted by molar-refractivity contribution is 0.190. The van der Waals surface area contributed by atoms with Crippen molar-refractivity contribution in [3.05, 3.63) is 29.8 Å². The number of likely N-dealkylation sites (tertiary alicyclic amines) is 1. The summed E-state index contributed by atoms with van der Waals surface area (Å²) >= 11 is 0. The van der Waals surface area contributed by atoms with Gasteiger partial charge in [-0.2, -0.15) is 0 Å². The number of benzene rings is 1. The topological polar surface area (TPSA) is 38.5 Å². The molecule has 2 aliphatic heterocycles. The van der Waals surface area contributed by atoms with E-state index in [1.807, 2.05) is 6.07 Å². The minimum Gasteiger partial charge on any atom is -0.493 e. The van der Waals surface area contributed by atoms with Gasteiger partial charge >= 0.3 is 0 Å². The fourth-order valence-electron chi connectivity index (χ4n) is 2.83. The van der Waals surface area contributed by atoms with Crippen LogP contribution in [0.2, 0.25) is 0 Å². The predicted octanol–water partition coefficient (Wildman–Crippen LogP) is 1.59. The maximum absolute atomic E-state index is 5.93. The Morgan fingerprint density at radius 3 is 2.82 bits per heavy atom. The van der Waals surface area contributed by atoms with E-state index in [1.54, 1.807) is 0 Å². The van der Waals surface area contributed by atoms with Crippen molar-refractivity contribution in [3.8, 4) is 5.75 Å². The van der Waals surface area contributed by atoms with E-state index in [0.29, 0.717) is 12.0 Å². The Kier molecular flexibility index (Phi) is 3.04. The normalized spacial score (nSPS) is 25.6. The van der Waals surface area contributed by atoms with Crippen LogP contribution in [0, 0.1) is 0 Å². The van der Waals surface area contributed by atoms with Gasteiger partial charge in [-0.25, -0.2) is 0 Å². The molecule has 2 heterocycles. The van der Waals surface area contributed by atoms with Crippen molar-refractivity contribution in [2.24, 2.45) is 5.73 Å². The molecule has 1 atom stereocenters. The number of nitrogens with zero attached hydrogens (tertiary/aromatic N) is 1. The molecule has 3 rings (SSSR count). The zero-order valence-electron chi connectivity index (χ0n) is 10.1. The minimum absolute atomic E-state index is 0.415. The first-order valence-electron chi connectivity index (χ1n) is 6.52. The monoisotopic (exact) mass is 232 g/mol. The minimum atomic E-state index is 0.415. The van der Waals surface area contributed by atoms with Crippen LogP contribution >= 0.6 is 0 Å². The van der Waals surface area contributed by atoms with Crippen LogP contribution in [-0.2, 0) is 0 Å². The molecule has 0 saturated carbocycles. The van der Waals surface area contributed by atoms with Crippen molar-refractivity contribution in [2.45, 2.75) is 24.8 Å². The molecule has 1 unspecified atom stereocenters. The highest BCUT2D eigenvalue weighted by atomic mass is 16.5. The summed E-state index contributed by atoms with van der Waals surface area (Å²) in [6, 6.07) is 8.83. The van der Waals surface area contributed by atoms with Gasteiger partial charge < -0.3 is 15.4 Å². The molecule has 3 nitrogen and oxygen atoms in total. The predicted molar refractivity (Wildman–Crippen MR) is 68.3 cm³/mol. The molecule has 0 bridgehead atoms. The lowest BCUT2D eigenvalue weighted by Gasteiger charge is -2.31. The third-order valence-electron chi connectivity index (χ3n) is 3.91. The van der Waals surface area contributed by atoms with E-state index in [4.69, 9.17) is 10.5 Å². The van der Waals surface area contributed by atoms with Crippen LogP contribution in [0.15, 0.2) is 24.3 Å². The molecule has 1 aromatic carbocycles.